The minimum atomic E-state index is -4.44. The zero-order valence-electron chi connectivity index (χ0n) is 9.63. The number of halogens is 3. The van der Waals surface area contributed by atoms with Crippen LogP contribution in [0.5, 0.6) is 0 Å². The second kappa shape index (κ2) is 5.03. The fourth-order valence-corrected chi connectivity index (χ4v) is 1.73. The molecule has 7 heteroatoms. The van der Waals surface area contributed by atoms with E-state index in [-0.39, 0.29) is 5.69 Å². The van der Waals surface area contributed by atoms with Crippen LogP contribution in [-0.2, 0) is 10.9 Å². The maximum atomic E-state index is 12.7. The lowest BCUT2D eigenvalue weighted by Gasteiger charge is -2.28. The number of nitrogen functional groups attached to an aromatic ring is 1. The van der Waals surface area contributed by atoms with E-state index >= 15 is 0 Å². The normalized spacial score (nSPS) is 17.7. The minimum absolute atomic E-state index is 0.268. The van der Waals surface area contributed by atoms with Gasteiger partial charge >= 0.3 is 6.18 Å². The lowest BCUT2D eigenvalue weighted by Crippen LogP contribution is -2.40. The number of rotatable bonds is 2. The molecule has 1 saturated heterocycles. The molecule has 0 radical (unpaired) electrons. The van der Waals surface area contributed by atoms with Crippen molar-refractivity contribution in [2.24, 2.45) is 0 Å². The van der Waals surface area contributed by atoms with Crippen LogP contribution in [0, 0.1) is 0 Å². The van der Waals surface area contributed by atoms with Crippen LogP contribution in [-0.4, -0.2) is 31.3 Å². The molecule has 3 N–H and O–H groups in total. The van der Waals surface area contributed by atoms with Crippen LogP contribution in [0.15, 0.2) is 18.2 Å². The molecule has 0 aliphatic carbocycles. The SMILES string of the molecule is Nc1ccc(NN2CCOCC2)cc1C(F)(F)F. The predicted octanol–water partition coefficient (Wildman–Crippen LogP) is 1.95. The third kappa shape index (κ3) is 3.05. The fourth-order valence-electron chi connectivity index (χ4n) is 1.73. The van der Waals surface area contributed by atoms with Gasteiger partial charge in [0.1, 0.15) is 0 Å². The molecule has 0 spiro atoms. The Morgan fingerprint density at radius 1 is 1.22 bits per heavy atom. The van der Waals surface area contributed by atoms with Gasteiger partial charge in [0.15, 0.2) is 0 Å². The Morgan fingerprint density at radius 2 is 1.89 bits per heavy atom. The summed E-state index contributed by atoms with van der Waals surface area (Å²) in [6.07, 6.45) is -4.44. The Kier molecular flexibility index (Phi) is 3.63. The zero-order chi connectivity index (χ0) is 13.2. The maximum absolute atomic E-state index is 12.7. The molecule has 0 atom stereocenters. The molecule has 0 amide bonds. The number of hydrazine groups is 1. The van der Waals surface area contributed by atoms with Crippen molar-refractivity contribution in [1.82, 2.24) is 5.01 Å². The molecule has 1 aliphatic rings. The Labute approximate surface area is 102 Å². The van der Waals surface area contributed by atoms with Gasteiger partial charge in [0.2, 0.25) is 0 Å². The van der Waals surface area contributed by atoms with E-state index in [1.54, 1.807) is 0 Å². The van der Waals surface area contributed by atoms with Gasteiger partial charge in [-0.15, -0.1) is 0 Å². The quantitative estimate of drug-likeness (QED) is 0.799. The van der Waals surface area contributed by atoms with Gasteiger partial charge in [-0.1, -0.05) is 0 Å². The molecular formula is C11H14F3N3O. The molecule has 2 rings (SSSR count). The molecule has 0 bridgehead atoms. The first-order chi connectivity index (χ1) is 8.47. The molecule has 1 aliphatic heterocycles. The Hall–Kier alpha value is -1.47. The van der Waals surface area contributed by atoms with Crippen LogP contribution in [0.3, 0.4) is 0 Å². The summed E-state index contributed by atoms with van der Waals surface area (Å²) < 4.78 is 43.2. The molecule has 0 saturated carbocycles. The summed E-state index contributed by atoms with van der Waals surface area (Å²) in [4.78, 5) is 0. The number of benzene rings is 1. The van der Waals surface area contributed by atoms with Crippen molar-refractivity contribution in [3.8, 4) is 0 Å². The van der Waals surface area contributed by atoms with Gasteiger partial charge in [-0.2, -0.15) is 13.2 Å². The second-order valence-corrected chi connectivity index (χ2v) is 4.01. The number of hydrogen-bond donors (Lipinski definition) is 2. The van der Waals surface area contributed by atoms with E-state index in [0.29, 0.717) is 32.0 Å². The fraction of sp³-hybridized carbons (Fsp3) is 0.455. The average Bonchev–Trinajstić information content (AvgIpc) is 2.31. The first-order valence-electron chi connectivity index (χ1n) is 5.53. The smallest absolute Gasteiger partial charge is 0.398 e. The molecule has 1 aromatic rings. The number of nitrogens with zero attached hydrogens (tertiary/aromatic N) is 1. The monoisotopic (exact) mass is 261 g/mol. The number of morpholine rings is 1. The summed E-state index contributed by atoms with van der Waals surface area (Å²) in [5.74, 6) is 0. The van der Waals surface area contributed by atoms with Crippen LogP contribution >= 0.6 is 0 Å². The molecule has 0 aromatic heterocycles. The molecular weight excluding hydrogens is 247 g/mol. The summed E-state index contributed by atoms with van der Waals surface area (Å²) in [7, 11) is 0. The van der Waals surface area contributed by atoms with E-state index < -0.39 is 11.7 Å². The van der Waals surface area contributed by atoms with E-state index in [9.17, 15) is 13.2 Å². The molecule has 100 valence electrons. The Bertz CT molecular complexity index is 416. The highest BCUT2D eigenvalue weighted by atomic mass is 19.4. The number of nitrogens with one attached hydrogen (secondary N) is 1. The predicted molar refractivity (Wildman–Crippen MR) is 61.9 cm³/mol. The van der Waals surface area contributed by atoms with Crippen molar-refractivity contribution in [1.29, 1.82) is 0 Å². The summed E-state index contributed by atoms with van der Waals surface area (Å²) >= 11 is 0. The lowest BCUT2D eigenvalue weighted by atomic mass is 10.1. The van der Waals surface area contributed by atoms with Gasteiger partial charge in [-0.05, 0) is 18.2 Å². The van der Waals surface area contributed by atoms with E-state index in [4.69, 9.17) is 10.5 Å². The highest BCUT2D eigenvalue weighted by Gasteiger charge is 2.33. The zero-order valence-corrected chi connectivity index (χ0v) is 9.63. The number of alkyl halides is 3. The molecule has 1 fully saturated rings. The Morgan fingerprint density at radius 3 is 2.50 bits per heavy atom. The standard InChI is InChI=1S/C11H14F3N3O/c12-11(13,14)9-7-8(1-2-10(9)15)16-17-3-5-18-6-4-17/h1-2,7,16H,3-6,15H2. The maximum Gasteiger partial charge on any atom is 0.418 e. The van der Waals surface area contributed by atoms with Crippen LogP contribution in [0.25, 0.3) is 0 Å². The highest BCUT2D eigenvalue weighted by molar-refractivity contribution is 5.58. The van der Waals surface area contributed by atoms with Crippen molar-refractivity contribution in [2.45, 2.75) is 6.18 Å². The summed E-state index contributed by atoms with van der Waals surface area (Å²) in [5.41, 5.74) is 7.53. The number of anilines is 2. The third-order valence-electron chi connectivity index (χ3n) is 2.66. The van der Waals surface area contributed by atoms with Gasteiger partial charge in [0, 0.05) is 24.5 Å². The molecule has 0 unspecified atom stereocenters. The van der Waals surface area contributed by atoms with Crippen molar-refractivity contribution in [3.05, 3.63) is 23.8 Å². The summed E-state index contributed by atoms with van der Waals surface area (Å²) in [5, 5.41) is 1.81. The van der Waals surface area contributed by atoms with E-state index in [0.717, 1.165) is 6.07 Å². The second-order valence-electron chi connectivity index (χ2n) is 4.01. The van der Waals surface area contributed by atoms with Gasteiger partial charge in [0.05, 0.1) is 18.8 Å². The van der Waals surface area contributed by atoms with Crippen LogP contribution in [0.1, 0.15) is 5.56 Å². The Balaban J connectivity index is 2.14. The number of ether oxygens (including phenoxy) is 1. The van der Waals surface area contributed by atoms with Crippen LogP contribution in [0.4, 0.5) is 24.5 Å². The minimum Gasteiger partial charge on any atom is -0.398 e. The van der Waals surface area contributed by atoms with Gasteiger partial charge in [0.25, 0.3) is 0 Å². The van der Waals surface area contributed by atoms with Crippen molar-refractivity contribution < 1.29 is 17.9 Å². The number of nitrogens with two attached hydrogens (primary N) is 1. The van der Waals surface area contributed by atoms with Crippen molar-refractivity contribution >= 4 is 11.4 Å². The third-order valence-corrected chi connectivity index (χ3v) is 2.66. The topological polar surface area (TPSA) is 50.5 Å². The molecule has 1 aromatic carbocycles. The summed E-state index contributed by atoms with van der Waals surface area (Å²) in [6, 6.07) is 3.80. The summed E-state index contributed by atoms with van der Waals surface area (Å²) in [6.45, 7) is 2.39. The molecule has 1 heterocycles. The average molecular weight is 261 g/mol. The van der Waals surface area contributed by atoms with Gasteiger partial charge in [-0.3, -0.25) is 0 Å². The van der Waals surface area contributed by atoms with Crippen molar-refractivity contribution in [2.75, 3.05) is 37.5 Å². The van der Waals surface area contributed by atoms with E-state index in [2.05, 4.69) is 5.43 Å². The first kappa shape index (κ1) is 13.0. The van der Waals surface area contributed by atoms with Gasteiger partial charge < -0.3 is 15.9 Å². The van der Waals surface area contributed by atoms with Gasteiger partial charge in [-0.25, -0.2) is 5.01 Å². The van der Waals surface area contributed by atoms with E-state index in [1.165, 1.54) is 12.1 Å². The van der Waals surface area contributed by atoms with Crippen molar-refractivity contribution in [3.63, 3.8) is 0 Å². The van der Waals surface area contributed by atoms with Crippen LogP contribution in [0.2, 0.25) is 0 Å². The number of hydrogen-bond acceptors (Lipinski definition) is 4. The molecule has 4 nitrogen and oxygen atoms in total. The van der Waals surface area contributed by atoms with Crippen LogP contribution < -0.4 is 11.2 Å². The lowest BCUT2D eigenvalue weighted by molar-refractivity contribution is -0.136. The molecule has 18 heavy (non-hydrogen) atoms. The van der Waals surface area contributed by atoms with E-state index in [1.807, 2.05) is 5.01 Å². The highest BCUT2D eigenvalue weighted by Crippen LogP contribution is 2.35. The first-order valence-corrected chi connectivity index (χ1v) is 5.53. The largest absolute Gasteiger partial charge is 0.418 e.